The van der Waals surface area contributed by atoms with Crippen LogP contribution in [0.1, 0.15) is 5.56 Å². The SMILES string of the molecule is COC(=O)C=c1sc(=C(C#N)N=Nc2ccc(OC)cc2)n(Cc2ccccc2)c1=O. The van der Waals surface area contributed by atoms with Crippen molar-refractivity contribution in [1.82, 2.24) is 4.57 Å². The van der Waals surface area contributed by atoms with Crippen molar-refractivity contribution in [3.8, 4) is 11.8 Å². The molecule has 0 aliphatic rings. The highest BCUT2D eigenvalue weighted by molar-refractivity contribution is 7.07. The second kappa shape index (κ2) is 10.1. The Labute approximate surface area is 181 Å². The monoisotopic (exact) mass is 434 g/mol. The highest BCUT2D eigenvalue weighted by Crippen LogP contribution is 2.18. The highest BCUT2D eigenvalue weighted by Gasteiger charge is 2.11. The summed E-state index contributed by atoms with van der Waals surface area (Å²) in [5.74, 6) is 0.0107. The minimum absolute atomic E-state index is 0.0432. The number of thiazole rings is 1. The molecule has 0 amide bonds. The maximum absolute atomic E-state index is 12.9. The number of rotatable bonds is 6. The Balaban J connectivity index is 2.15. The molecule has 0 radical (unpaired) electrons. The largest absolute Gasteiger partial charge is 0.497 e. The van der Waals surface area contributed by atoms with Gasteiger partial charge in [0.25, 0.3) is 5.56 Å². The number of aromatic nitrogens is 1. The van der Waals surface area contributed by atoms with Gasteiger partial charge in [0.05, 0.1) is 26.5 Å². The Kier molecular flexibility index (Phi) is 7.09. The predicted molar refractivity (Wildman–Crippen MR) is 116 cm³/mol. The first-order valence-corrected chi connectivity index (χ1v) is 9.90. The molecule has 0 saturated carbocycles. The molecule has 0 aliphatic heterocycles. The van der Waals surface area contributed by atoms with E-state index in [0.717, 1.165) is 23.0 Å². The first-order valence-electron chi connectivity index (χ1n) is 9.09. The van der Waals surface area contributed by atoms with E-state index in [2.05, 4.69) is 15.0 Å². The number of esters is 1. The van der Waals surface area contributed by atoms with Gasteiger partial charge >= 0.3 is 5.97 Å². The van der Waals surface area contributed by atoms with Crippen molar-refractivity contribution in [1.29, 1.82) is 5.26 Å². The van der Waals surface area contributed by atoms with Gasteiger partial charge in [-0.15, -0.1) is 21.6 Å². The van der Waals surface area contributed by atoms with Crippen LogP contribution >= 0.6 is 11.3 Å². The van der Waals surface area contributed by atoms with Gasteiger partial charge in [0, 0.05) is 6.08 Å². The fourth-order valence-corrected chi connectivity index (χ4v) is 3.64. The van der Waals surface area contributed by atoms with Crippen LogP contribution in [-0.4, -0.2) is 24.8 Å². The second-order valence-electron chi connectivity index (χ2n) is 6.17. The smallest absolute Gasteiger partial charge is 0.332 e. The zero-order valence-corrected chi connectivity index (χ0v) is 17.6. The fourth-order valence-electron chi connectivity index (χ4n) is 2.64. The molecule has 1 aromatic heterocycles. The van der Waals surface area contributed by atoms with E-state index in [1.807, 2.05) is 36.4 Å². The molecule has 3 rings (SSSR count). The number of ether oxygens (including phenoxy) is 2. The van der Waals surface area contributed by atoms with Crippen LogP contribution in [0.25, 0.3) is 11.8 Å². The summed E-state index contributed by atoms with van der Waals surface area (Å²) in [6.07, 6.45) is 1.10. The molecule has 0 fully saturated rings. The number of carbonyl (C=O) groups excluding carboxylic acids is 1. The molecule has 0 spiro atoms. The quantitative estimate of drug-likeness (QED) is 0.437. The molecule has 0 saturated heterocycles. The molecule has 3 aromatic rings. The lowest BCUT2D eigenvalue weighted by atomic mass is 10.2. The number of benzene rings is 2. The Hall–Kier alpha value is -4.03. The van der Waals surface area contributed by atoms with E-state index in [1.54, 1.807) is 31.4 Å². The van der Waals surface area contributed by atoms with Crippen LogP contribution in [0.5, 0.6) is 5.75 Å². The van der Waals surface area contributed by atoms with Gasteiger partial charge in [-0.05, 0) is 29.8 Å². The molecular weight excluding hydrogens is 416 g/mol. The van der Waals surface area contributed by atoms with Gasteiger partial charge in [0.1, 0.15) is 21.0 Å². The van der Waals surface area contributed by atoms with E-state index in [9.17, 15) is 14.9 Å². The van der Waals surface area contributed by atoms with E-state index in [1.165, 1.54) is 11.7 Å². The van der Waals surface area contributed by atoms with Crippen LogP contribution in [0, 0.1) is 11.3 Å². The molecule has 2 aromatic carbocycles. The molecular formula is C22H18N4O4S. The van der Waals surface area contributed by atoms with Crippen molar-refractivity contribution in [3.05, 3.63) is 79.7 Å². The van der Waals surface area contributed by atoms with Gasteiger partial charge in [-0.2, -0.15) is 5.26 Å². The van der Waals surface area contributed by atoms with Crippen molar-refractivity contribution in [3.63, 3.8) is 0 Å². The van der Waals surface area contributed by atoms with Gasteiger partial charge in [0.15, 0.2) is 5.70 Å². The van der Waals surface area contributed by atoms with E-state index in [4.69, 9.17) is 4.74 Å². The molecule has 0 N–H and O–H groups in total. The number of azo groups is 1. The van der Waals surface area contributed by atoms with Crippen LogP contribution in [0.4, 0.5) is 5.69 Å². The summed E-state index contributed by atoms with van der Waals surface area (Å²) < 4.78 is 11.6. The maximum atomic E-state index is 12.9. The average Bonchev–Trinajstić information content (AvgIpc) is 3.10. The number of nitrogens with zero attached hydrogens (tertiary/aromatic N) is 4. The number of hydrogen-bond donors (Lipinski definition) is 0. The van der Waals surface area contributed by atoms with Crippen molar-refractivity contribution >= 4 is 34.8 Å². The molecule has 0 bridgehead atoms. The van der Waals surface area contributed by atoms with Gasteiger partial charge in [-0.25, -0.2) is 4.79 Å². The summed E-state index contributed by atoms with van der Waals surface area (Å²) in [5.41, 5.74) is 0.918. The zero-order chi connectivity index (χ0) is 22.2. The Morgan fingerprint density at radius 2 is 1.87 bits per heavy atom. The molecule has 156 valence electrons. The van der Waals surface area contributed by atoms with Crippen LogP contribution in [0.2, 0.25) is 0 Å². The third-order valence-electron chi connectivity index (χ3n) is 4.19. The minimum atomic E-state index is -0.657. The first-order chi connectivity index (χ1) is 15.0. The summed E-state index contributed by atoms with van der Waals surface area (Å²) in [4.78, 5) is 24.6. The molecule has 8 nitrogen and oxygen atoms in total. The number of methoxy groups -OCH3 is 2. The van der Waals surface area contributed by atoms with Crippen LogP contribution in [0.3, 0.4) is 0 Å². The fraction of sp³-hybridized carbons (Fsp3) is 0.136. The molecule has 0 aliphatic carbocycles. The minimum Gasteiger partial charge on any atom is -0.497 e. The maximum Gasteiger partial charge on any atom is 0.332 e. The summed E-state index contributed by atoms with van der Waals surface area (Å²) in [6.45, 7) is 0.212. The van der Waals surface area contributed by atoms with Gasteiger partial charge in [-0.1, -0.05) is 30.3 Å². The summed E-state index contributed by atoms with van der Waals surface area (Å²) >= 11 is 0.984. The van der Waals surface area contributed by atoms with Crippen molar-refractivity contribution < 1.29 is 14.3 Å². The number of hydrogen-bond acceptors (Lipinski definition) is 8. The standard InChI is InChI=1S/C22H18N4O4S/c1-29-17-10-8-16(9-11-17)24-25-18(13-23)22-26(14-15-6-4-3-5-7-15)21(28)19(31-22)12-20(27)30-2/h3-12H,14H2,1-2H3. The topological polar surface area (TPSA) is 106 Å². The van der Waals surface area contributed by atoms with Crippen LogP contribution in [-0.2, 0) is 16.1 Å². The second-order valence-corrected chi connectivity index (χ2v) is 7.20. The van der Waals surface area contributed by atoms with Crippen LogP contribution in [0.15, 0.2) is 69.6 Å². The Morgan fingerprint density at radius 1 is 1.16 bits per heavy atom. The van der Waals surface area contributed by atoms with E-state index in [0.29, 0.717) is 16.1 Å². The van der Waals surface area contributed by atoms with Crippen molar-refractivity contribution in [2.45, 2.75) is 6.54 Å². The molecule has 9 heteroatoms. The lowest BCUT2D eigenvalue weighted by molar-refractivity contribution is -0.133. The van der Waals surface area contributed by atoms with Crippen molar-refractivity contribution in [2.75, 3.05) is 14.2 Å². The van der Waals surface area contributed by atoms with Gasteiger partial charge in [0.2, 0.25) is 0 Å². The summed E-state index contributed by atoms with van der Waals surface area (Å²) in [5, 5.41) is 17.8. The highest BCUT2D eigenvalue weighted by atomic mass is 32.1. The number of nitriles is 1. The van der Waals surface area contributed by atoms with E-state index >= 15 is 0 Å². The predicted octanol–water partition coefficient (Wildman–Crippen LogP) is 2.34. The van der Waals surface area contributed by atoms with Gasteiger partial charge in [-0.3, -0.25) is 9.36 Å². The first kappa shape index (κ1) is 21.7. The summed E-state index contributed by atoms with van der Waals surface area (Å²) in [7, 11) is 2.79. The Bertz CT molecular complexity index is 1320. The molecule has 0 atom stereocenters. The third kappa shape index (κ3) is 5.32. The lowest BCUT2D eigenvalue weighted by Crippen LogP contribution is -2.32. The third-order valence-corrected chi connectivity index (χ3v) is 5.31. The van der Waals surface area contributed by atoms with E-state index in [-0.39, 0.29) is 16.8 Å². The zero-order valence-electron chi connectivity index (χ0n) is 16.8. The normalized spacial score (nSPS) is 12.5. The van der Waals surface area contributed by atoms with Gasteiger partial charge < -0.3 is 9.47 Å². The lowest BCUT2D eigenvalue weighted by Gasteiger charge is -2.02. The van der Waals surface area contributed by atoms with E-state index < -0.39 is 11.5 Å². The number of carbonyl (C=O) groups is 1. The molecule has 0 unspecified atom stereocenters. The van der Waals surface area contributed by atoms with Crippen molar-refractivity contribution in [2.24, 2.45) is 10.2 Å². The molecule has 1 heterocycles. The molecule has 31 heavy (non-hydrogen) atoms. The average molecular weight is 434 g/mol. The Morgan fingerprint density at radius 3 is 2.48 bits per heavy atom. The summed E-state index contributed by atoms with van der Waals surface area (Å²) in [6, 6.07) is 18.1. The van der Waals surface area contributed by atoms with Crippen LogP contribution < -0.4 is 19.5 Å².